The van der Waals surface area contributed by atoms with Crippen molar-refractivity contribution in [2.75, 3.05) is 13.1 Å². The largest absolute Gasteiger partial charge is 0.313 e. The third kappa shape index (κ3) is 3.06. The van der Waals surface area contributed by atoms with Gasteiger partial charge in [0.15, 0.2) is 0 Å². The Kier molecular flexibility index (Phi) is 3.97. The van der Waals surface area contributed by atoms with Gasteiger partial charge in [-0.1, -0.05) is 29.8 Å². The van der Waals surface area contributed by atoms with Crippen LogP contribution in [0.2, 0.25) is 0 Å². The van der Waals surface area contributed by atoms with Crippen LogP contribution >= 0.6 is 0 Å². The fourth-order valence-corrected chi connectivity index (χ4v) is 2.22. The SMILES string of the molecule is Cc1ccc([C@@H](C)NCC2CCCN2)cc1. The van der Waals surface area contributed by atoms with Crippen molar-refractivity contribution in [3.8, 4) is 0 Å². The molecule has 0 aromatic heterocycles. The van der Waals surface area contributed by atoms with E-state index >= 15 is 0 Å². The molecule has 2 nitrogen and oxygen atoms in total. The van der Waals surface area contributed by atoms with Crippen LogP contribution < -0.4 is 10.6 Å². The third-order valence-electron chi connectivity index (χ3n) is 3.41. The molecule has 16 heavy (non-hydrogen) atoms. The van der Waals surface area contributed by atoms with Crippen LogP contribution in [0.3, 0.4) is 0 Å². The molecule has 2 rings (SSSR count). The van der Waals surface area contributed by atoms with Gasteiger partial charge in [-0.05, 0) is 38.8 Å². The van der Waals surface area contributed by atoms with Gasteiger partial charge in [0, 0.05) is 18.6 Å². The Hall–Kier alpha value is -0.860. The Balaban J connectivity index is 1.82. The molecule has 1 aromatic rings. The molecule has 1 saturated heterocycles. The van der Waals surface area contributed by atoms with Crippen LogP contribution in [0.1, 0.15) is 36.9 Å². The lowest BCUT2D eigenvalue weighted by Gasteiger charge is -2.18. The highest BCUT2D eigenvalue weighted by molar-refractivity contribution is 5.23. The third-order valence-corrected chi connectivity index (χ3v) is 3.41. The minimum Gasteiger partial charge on any atom is -0.313 e. The molecule has 0 spiro atoms. The molecular formula is C14H22N2. The lowest BCUT2D eigenvalue weighted by atomic mass is 10.1. The van der Waals surface area contributed by atoms with E-state index in [1.54, 1.807) is 0 Å². The first-order chi connectivity index (χ1) is 7.75. The fourth-order valence-electron chi connectivity index (χ4n) is 2.22. The Labute approximate surface area is 98.4 Å². The van der Waals surface area contributed by atoms with E-state index in [1.165, 1.54) is 30.5 Å². The minimum absolute atomic E-state index is 0.447. The number of nitrogens with one attached hydrogen (secondary N) is 2. The molecule has 88 valence electrons. The quantitative estimate of drug-likeness (QED) is 0.811. The molecule has 2 N–H and O–H groups in total. The smallest absolute Gasteiger partial charge is 0.0292 e. The summed E-state index contributed by atoms with van der Waals surface area (Å²) >= 11 is 0. The molecule has 2 heteroatoms. The predicted octanol–water partition coefficient (Wildman–Crippen LogP) is 2.40. The van der Waals surface area contributed by atoms with Crippen LogP contribution in [0.25, 0.3) is 0 Å². The predicted molar refractivity (Wildman–Crippen MR) is 68.6 cm³/mol. The summed E-state index contributed by atoms with van der Waals surface area (Å²) in [6.07, 6.45) is 2.64. The number of benzene rings is 1. The number of hydrogen-bond donors (Lipinski definition) is 2. The lowest BCUT2D eigenvalue weighted by Crippen LogP contribution is -2.35. The van der Waals surface area contributed by atoms with E-state index in [9.17, 15) is 0 Å². The average Bonchev–Trinajstić information content (AvgIpc) is 2.80. The molecule has 0 saturated carbocycles. The summed E-state index contributed by atoms with van der Waals surface area (Å²) in [6.45, 7) is 6.63. The van der Waals surface area contributed by atoms with Gasteiger partial charge in [-0.25, -0.2) is 0 Å². The summed E-state index contributed by atoms with van der Waals surface area (Å²) in [4.78, 5) is 0. The summed E-state index contributed by atoms with van der Waals surface area (Å²) in [6, 6.07) is 9.92. The molecule has 1 heterocycles. The van der Waals surface area contributed by atoms with E-state index in [1.807, 2.05) is 0 Å². The average molecular weight is 218 g/mol. The zero-order valence-electron chi connectivity index (χ0n) is 10.3. The highest BCUT2D eigenvalue weighted by Crippen LogP contribution is 2.13. The van der Waals surface area contributed by atoms with Gasteiger partial charge in [0.2, 0.25) is 0 Å². The zero-order chi connectivity index (χ0) is 11.4. The maximum absolute atomic E-state index is 3.60. The molecule has 1 aliphatic heterocycles. The minimum atomic E-state index is 0.447. The van der Waals surface area contributed by atoms with Crippen molar-refractivity contribution in [1.29, 1.82) is 0 Å². The van der Waals surface area contributed by atoms with Crippen LogP contribution in [-0.2, 0) is 0 Å². The van der Waals surface area contributed by atoms with E-state index in [4.69, 9.17) is 0 Å². The van der Waals surface area contributed by atoms with Crippen LogP contribution in [-0.4, -0.2) is 19.1 Å². The van der Waals surface area contributed by atoms with E-state index < -0.39 is 0 Å². The number of hydrogen-bond acceptors (Lipinski definition) is 2. The summed E-state index contributed by atoms with van der Waals surface area (Å²) in [5, 5.41) is 7.11. The number of aryl methyl sites for hydroxylation is 1. The fraction of sp³-hybridized carbons (Fsp3) is 0.571. The van der Waals surface area contributed by atoms with Gasteiger partial charge in [0.25, 0.3) is 0 Å². The molecule has 0 radical (unpaired) electrons. The van der Waals surface area contributed by atoms with Crippen LogP contribution in [0, 0.1) is 6.92 Å². The van der Waals surface area contributed by atoms with Gasteiger partial charge < -0.3 is 10.6 Å². The molecular weight excluding hydrogens is 196 g/mol. The molecule has 0 aliphatic carbocycles. The van der Waals surface area contributed by atoms with E-state index in [2.05, 4.69) is 48.7 Å². The molecule has 2 atom stereocenters. The first kappa shape index (κ1) is 11.6. The van der Waals surface area contributed by atoms with E-state index in [-0.39, 0.29) is 0 Å². The van der Waals surface area contributed by atoms with Gasteiger partial charge in [-0.15, -0.1) is 0 Å². The lowest BCUT2D eigenvalue weighted by molar-refractivity contribution is 0.490. The highest BCUT2D eigenvalue weighted by atomic mass is 15.0. The topological polar surface area (TPSA) is 24.1 Å². The van der Waals surface area contributed by atoms with E-state index in [0.717, 1.165) is 6.54 Å². The summed E-state index contributed by atoms with van der Waals surface area (Å²) in [7, 11) is 0. The maximum atomic E-state index is 3.60. The summed E-state index contributed by atoms with van der Waals surface area (Å²) in [5.74, 6) is 0. The first-order valence-corrected chi connectivity index (χ1v) is 6.29. The van der Waals surface area contributed by atoms with Gasteiger partial charge in [0.05, 0.1) is 0 Å². The normalized spacial score (nSPS) is 22.2. The second-order valence-corrected chi connectivity index (χ2v) is 4.83. The Morgan fingerprint density at radius 1 is 1.38 bits per heavy atom. The van der Waals surface area contributed by atoms with Crippen molar-refractivity contribution in [3.05, 3.63) is 35.4 Å². The van der Waals surface area contributed by atoms with Crippen molar-refractivity contribution >= 4 is 0 Å². The van der Waals surface area contributed by atoms with Crippen LogP contribution in [0.5, 0.6) is 0 Å². The monoisotopic (exact) mass is 218 g/mol. The molecule has 1 fully saturated rings. The van der Waals surface area contributed by atoms with Crippen LogP contribution in [0.4, 0.5) is 0 Å². The Morgan fingerprint density at radius 2 is 2.12 bits per heavy atom. The first-order valence-electron chi connectivity index (χ1n) is 6.29. The molecule has 1 unspecified atom stereocenters. The molecule has 0 amide bonds. The van der Waals surface area contributed by atoms with Gasteiger partial charge in [-0.3, -0.25) is 0 Å². The van der Waals surface area contributed by atoms with E-state index in [0.29, 0.717) is 12.1 Å². The van der Waals surface area contributed by atoms with Gasteiger partial charge in [-0.2, -0.15) is 0 Å². The maximum Gasteiger partial charge on any atom is 0.0292 e. The van der Waals surface area contributed by atoms with Crippen LogP contribution in [0.15, 0.2) is 24.3 Å². The standard InChI is InChI=1S/C14H22N2/c1-11-5-7-13(8-6-11)12(2)16-10-14-4-3-9-15-14/h5-8,12,14-16H,3-4,9-10H2,1-2H3/t12-,14?/m1/s1. The Bertz CT molecular complexity index is 312. The molecule has 1 aromatic carbocycles. The molecule has 0 bridgehead atoms. The van der Waals surface area contributed by atoms with Crippen molar-refractivity contribution in [1.82, 2.24) is 10.6 Å². The highest BCUT2D eigenvalue weighted by Gasteiger charge is 2.14. The van der Waals surface area contributed by atoms with Crippen molar-refractivity contribution in [2.24, 2.45) is 0 Å². The van der Waals surface area contributed by atoms with Crippen molar-refractivity contribution in [2.45, 2.75) is 38.8 Å². The van der Waals surface area contributed by atoms with Crippen molar-refractivity contribution < 1.29 is 0 Å². The second kappa shape index (κ2) is 5.46. The summed E-state index contributed by atoms with van der Waals surface area (Å²) in [5.41, 5.74) is 2.71. The molecule has 1 aliphatic rings. The zero-order valence-corrected chi connectivity index (χ0v) is 10.3. The van der Waals surface area contributed by atoms with Crippen molar-refractivity contribution in [3.63, 3.8) is 0 Å². The second-order valence-electron chi connectivity index (χ2n) is 4.83. The summed E-state index contributed by atoms with van der Waals surface area (Å²) < 4.78 is 0. The Morgan fingerprint density at radius 3 is 2.75 bits per heavy atom. The van der Waals surface area contributed by atoms with Gasteiger partial charge >= 0.3 is 0 Å². The van der Waals surface area contributed by atoms with Gasteiger partial charge in [0.1, 0.15) is 0 Å². The number of rotatable bonds is 4.